The van der Waals surface area contributed by atoms with E-state index >= 15 is 0 Å². The van der Waals surface area contributed by atoms with Gasteiger partial charge in [-0.05, 0) is 80.5 Å². The van der Waals surface area contributed by atoms with Crippen molar-refractivity contribution < 1.29 is 19.1 Å². The fraction of sp³-hybridized carbons (Fsp3) is 0.412. The van der Waals surface area contributed by atoms with Crippen molar-refractivity contribution in [2.75, 3.05) is 33.4 Å². The standard InChI is InChI=1S/C34H39N5O4/c1-42-27-13-11-25(12-14-27)29-15-20-35-31-28(24-37-39(29)31)32(40)38-21-17-34(18-22-38)16-6-2-3-8-26-9-4-5-10-30(26)43-23-7-19-36-33(34)41/h4-5,9-15,20,24H,2-3,6-8,16-19,21-23H2,1H3,(H,36,41). The lowest BCUT2D eigenvalue weighted by Gasteiger charge is -2.41. The topological polar surface area (TPSA) is 98.1 Å². The zero-order valence-electron chi connectivity index (χ0n) is 24.8. The van der Waals surface area contributed by atoms with Crippen LogP contribution in [0, 0.1) is 5.41 Å². The number of hydrogen-bond donors (Lipinski definition) is 1. The molecule has 0 atom stereocenters. The number of likely N-dealkylation sites (tertiary alicyclic amines) is 1. The first-order chi connectivity index (χ1) is 21.1. The largest absolute Gasteiger partial charge is 0.497 e. The van der Waals surface area contributed by atoms with E-state index in [-0.39, 0.29) is 11.8 Å². The van der Waals surface area contributed by atoms with Gasteiger partial charge >= 0.3 is 0 Å². The Bertz CT molecular complexity index is 1570. The molecule has 9 heteroatoms. The van der Waals surface area contributed by atoms with Gasteiger partial charge in [-0.25, -0.2) is 9.50 Å². The molecular formula is C34H39N5O4. The van der Waals surface area contributed by atoms with E-state index in [4.69, 9.17) is 9.47 Å². The van der Waals surface area contributed by atoms with Gasteiger partial charge in [0.25, 0.3) is 5.91 Å². The fourth-order valence-corrected chi connectivity index (χ4v) is 6.37. The van der Waals surface area contributed by atoms with Crippen LogP contribution < -0.4 is 14.8 Å². The fourth-order valence-electron chi connectivity index (χ4n) is 6.37. The quantitative estimate of drug-likeness (QED) is 0.351. The second-order valence-corrected chi connectivity index (χ2v) is 11.6. The monoisotopic (exact) mass is 581 g/mol. The minimum atomic E-state index is -0.458. The highest BCUT2D eigenvalue weighted by atomic mass is 16.5. The molecule has 9 nitrogen and oxygen atoms in total. The zero-order valence-corrected chi connectivity index (χ0v) is 24.8. The van der Waals surface area contributed by atoms with Crippen molar-refractivity contribution in [3.63, 3.8) is 0 Å². The molecule has 1 saturated heterocycles. The first-order valence-electron chi connectivity index (χ1n) is 15.3. The van der Waals surface area contributed by atoms with Gasteiger partial charge in [-0.2, -0.15) is 5.10 Å². The van der Waals surface area contributed by atoms with Crippen LogP contribution in [0.1, 0.15) is 60.9 Å². The molecule has 0 saturated carbocycles. The van der Waals surface area contributed by atoms with E-state index in [9.17, 15) is 9.59 Å². The number of methoxy groups -OCH3 is 1. The number of carbonyl (C=O) groups excluding carboxylic acids is 2. The Morgan fingerprint density at radius 2 is 1.79 bits per heavy atom. The number of carbonyl (C=O) groups is 2. The van der Waals surface area contributed by atoms with Gasteiger partial charge in [0.15, 0.2) is 5.65 Å². The summed E-state index contributed by atoms with van der Waals surface area (Å²) in [5.41, 5.74) is 3.59. The number of aromatic nitrogens is 3. The van der Waals surface area contributed by atoms with Crippen molar-refractivity contribution in [3.05, 3.63) is 78.1 Å². The molecule has 1 spiro atoms. The average molecular weight is 582 g/mol. The third-order valence-electron chi connectivity index (χ3n) is 8.95. The lowest BCUT2D eigenvalue weighted by molar-refractivity contribution is -0.134. The number of aryl methyl sites for hydroxylation is 1. The smallest absolute Gasteiger partial charge is 0.259 e. The van der Waals surface area contributed by atoms with E-state index < -0.39 is 5.41 Å². The van der Waals surface area contributed by atoms with Crippen molar-refractivity contribution in [1.82, 2.24) is 24.8 Å². The average Bonchev–Trinajstić information content (AvgIpc) is 3.49. The van der Waals surface area contributed by atoms with Crippen LogP contribution in [0.2, 0.25) is 0 Å². The van der Waals surface area contributed by atoms with E-state index in [0.717, 1.165) is 61.3 Å². The number of amides is 2. The normalized spacial score (nSPS) is 17.9. The highest BCUT2D eigenvalue weighted by molar-refractivity contribution is 6.00. The lowest BCUT2D eigenvalue weighted by Crippen LogP contribution is -2.50. The Morgan fingerprint density at radius 3 is 2.60 bits per heavy atom. The van der Waals surface area contributed by atoms with Gasteiger partial charge in [0.05, 0.1) is 31.0 Å². The van der Waals surface area contributed by atoms with Gasteiger partial charge in [-0.3, -0.25) is 9.59 Å². The summed E-state index contributed by atoms with van der Waals surface area (Å²) in [5.74, 6) is 1.74. The predicted octanol–water partition coefficient (Wildman–Crippen LogP) is 5.33. The number of nitrogens with one attached hydrogen (secondary N) is 1. The molecule has 4 heterocycles. The van der Waals surface area contributed by atoms with Gasteiger partial charge in [-0.15, -0.1) is 0 Å². The Hall–Kier alpha value is -4.40. The summed E-state index contributed by atoms with van der Waals surface area (Å²) >= 11 is 0. The summed E-state index contributed by atoms with van der Waals surface area (Å²) in [7, 11) is 1.64. The molecule has 4 aromatic rings. The number of hydrogen-bond acceptors (Lipinski definition) is 6. The SMILES string of the molecule is COc1ccc(-c2ccnc3c(C(=O)N4CCC5(CCCCCc6ccccc6OCCCNC5=O)CC4)cnn23)cc1. The number of nitrogens with zero attached hydrogens (tertiary/aromatic N) is 4. The maximum Gasteiger partial charge on any atom is 0.259 e. The van der Waals surface area contributed by atoms with Crippen LogP contribution in [0.3, 0.4) is 0 Å². The van der Waals surface area contributed by atoms with E-state index in [1.165, 1.54) is 5.56 Å². The number of piperidine rings is 1. The Morgan fingerprint density at radius 1 is 0.977 bits per heavy atom. The molecule has 6 rings (SSSR count). The predicted molar refractivity (Wildman–Crippen MR) is 164 cm³/mol. The first kappa shape index (κ1) is 28.7. The van der Waals surface area contributed by atoms with Crippen molar-refractivity contribution in [2.45, 2.75) is 51.4 Å². The second-order valence-electron chi connectivity index (χ2n) is 11.6. The number of para-hydroxylation sites is 1. The van der Waals surface area contributed by atoms with Crippen LogP contribution in [-0.2, 0) is 11.2 Å². The molecule has 0 radical (unpaired) electrons. The van der Waals surface area contributed by atoms with Gasteiger partial charge < -0.3 is 19.7 Å². The Kier molecular flexibility index (Phi) is 8.58. The molecule has 2 aromatic carbocycles. The van der Waals surface area contributed by atoms with Crippen molar-refractivity contribution in [1.29, 1.82) is 0 Å². The molecule has 2 amide bonds. The van der Waals surface area contributed by atoms with E-state index in [0.29, 0.717) is 50.3 Å². The third-order valence-corrected chi connectivity index (χ3v) is 8.95. The number of ether oxygens (including phenoxy) is 2. The first-order valence-corrected chi connectivity index (χ1v) is 15.3. The molecule has 2 aromatic heterocycles. The molecule has 1 N–H and O–H groups in total. The summed E-state index contributed by atoms with van der Waals surface area (Å²) in [6.45, 7) is 2.20. The van der Waals surface area contributed by atoms with E-state index in [1.807, 2.05) is 47.4 Å². The Balaban J connectivity index is 1.14. The van der Waals surface area contributed by atoms with Crippen LogP contribution in [0.4, 0.5) is 0 Å². The molecule has 224 valence electrons. The second kappa shape index (κ2) is 12.9. The molecule has 2 aliphatic heterocycles. The molecule has 2 aliphatic rings. The zero-order chi connectivity index (χ0) is 29.6. The third kappa shape index (κ3) is 6.07. The van der Waals surface area contributed by atoms with Gasteiger partial charge in [0.2, 0.25) is 5.91 Å². The molecule has 0 bridgehead atoms. The summed E-state index contributed by atoms with van der Waals surface area (Å²) in [5, 5.41) is 7.73. The van der Waals surface area contributed by atoms with Crippen LogP contribution in [0.15, 0.2) is 67.0 Å². The minimum Gasteiger partial charge on any atom is -0.497 e. The summed E-state index contributed by atoms with van der Waals surface area (Å²) < 4.78 is 13.0. The van der Waals surface area contributed by atoms with Crippen LogP contribution >= 0.6 is 0 Å². The summed E-state index contributed by atoms with van der Waals surface area (Å²) in [6.07, 6.45) is 10.3. The maximum atomic E-state index is 13.7. The van der Waals surface area contributed by atoms with E-state index in [2.05, 4.69) is 27.5 Å². The van der Waals surface area contributed by atoms with Gasteiger partial charge in [0, 0.05) is 31.4 Å². The highest BCUT2D eigenvalue weighted by Gasteiger charge is 2.42. The van der Waals surface area contributed by atoms with Crippen LogP contribution in [0.25, 0.3) is 16.9 Å². The number of benzene rings is 2. The van der Waals surface area contributed by atoms with Crippen molar-refractivity contribution in [2.24, 2.45) is 5.41 Å². The lowest BCUT2D eigenvalue weighted by atomic mass is 9.73. The highest BCUT2D eigenvalue weighted by Crippen LogP contribution is 2.38. The minimum absolute atomic E-state index is 0.0960. The van der Waals surface area contributed by atoms with Crippen molar-refractivity contribution in [3.8, 4) is 22.8 Å². The molecule has 43 heavy (non-hydrogen) atoms. The summed E-state index contributed by atoms with van der Waals surface area (Å²) in [4.78, 5) is 33.7. The molecule has 1 fully saturated rings. The number of rotatable bonds is 3. The maximum absolute atomic E-state index is 13.7. The van der Waals surface area contributed by atoms with Crippen LogP contribution in [-0.4, -0.2) is 64.7 Å². The van der Waals surface area contributed by atoms with Gasteiger partial charge in [-0.1, -0.05) is 31.0 Å². The Labute approximate surface area is 252 Å². The molecule has 0 unspecified atom stereocenters. The van der Waals surface area contributed by atoms with Gasteiger partial charge in [0.1, 0.15) is 17.1 Å². The van der Waals surface area contributed by atoms with Crippen LogP contribution in [0.5, 0.6) is 11.5 Å². The molecular weight excluding hydrogens is 542 g/mol. The molecule has 0 aliphatic carbocycles. The van der Waals surface area contributed by atoms with E-state index in [1.54, 1.807) is 24.0 Å². The summed E-state index contributed by atoms with van der Waals surface area (Å²) in [6, 6.07) is 17.9. The number of fused-ring (bicyclic) bond motifs is 2. The van der Waals surface area contributed by atoms with Crippen molar-refractivity contribution >= 4 is 17.5 Å².